The molecule has 2 aromatic carbocycles. The number of carbonyl (C=O) groups is 1. The number of hydrogen-bond donors (Lipinski definition) is 0. The number of allylic oxidation sites excluding steroid dienone is 1. The van der Waals surface area contributed by atoms with Crippen molar-refractivity contribution in [3.63, 3.8) is 0 Å². The van der Waals surface area contributed by atoms with E-state index in [1.165, 1.54) is 11.3 Å². The van der Waals surface area contributed by atoms with Gasteiger partial charge < -0.3 is 9.47 Å². The third-order valence-electron chi connectivity index (χ3n) is 5.43. The van der Waals surface area contributed by atoms with Crippen LogP contribution in [0.3, 0.4) is 0 Å². The molecule has 170 valence electrons. The van der Waals surface area contributed by atoms with E-state index in [1.807, 2.05) is 43.3 Å². The van der Waals surface area contributed by atoms with Gasteiger partial charge in [0.25, 0.3) is 5.56 Å². The molecule has 0 unspecified atom stereocenters. The summed E-state index contributed by atoms with van der Waals surface area (Å²) in [6.45, 7) is 5.69. The first-order valence-electron chi connectivity index (χ1n) is 10.4. The Morgan fingerprint density at radius 1 is 1.21 bits per heavy atom. The molecule has 8 heteroatoms. The van der Waals surface area contributed by atoms with E-state index >= 15 is 0 Å². The second-order valence-corrected chi connectivity index (χ2v) is 9.03. The van der Waals surface area contributed by atoms with Gasteiger partial charge in [0.05, 0.1) is 35.6 Å². The molecule has 33 heavy (non-hydrogen) atoms. The van der Waals surface area contributed by atoms with Gasteiger partial charge in [0.15, 0.2) is 4.80 Å². The molecule has 0 radical (unpaired) electrons. The van der Waals surface area contributed by atoms with Crippen LogP contribution < -0.4 is 19.6 Å². The number of ether oxygens (including phenoxy) is 2. The maximum Gasteiger partial charge on any atom is 0.338 e. The number of carbonyl (C=O) groups excluding carboxylic acids is 1. The van der Waals surface area contributed by atoms with E-state index < -0.39 is 12.0 Å². The first kappa shape index (κ1) is 23.0. The molecule has 0 N–H and O–H groups in total. The van der Waals surface area contributed by atoms with Crippen molar-refractivity contribution in [2.24, 2.45) is 4.99 Å². The molecule has 0 saturated heterocycles. The molecule has 0 spiro atoms. The number of halogens is 1. The summed E-state index contributed by atoms with van der Waals surface area (Å²) in [5.41, 5.74) is 3.24. The molecule has 0 aliphatic carbocycles. The first-order valence-corrected chi connectivity index (χ1v) is 11.6. The van der Waals surface area contributed by atoms with Crippen molar-refractivity contribution < 1.29 is 14.3 Å². The van der Waals surface area contributed by atoms with Gasteiger partial charge in [-0.05, 0) is 61.7 Å². The topological polar surface area (TPSA) is 69.9 Å². The van der Waals surface area contributed by atoms with E-state index in [2.05, 4.69) is 4.99 Å². The van der Waals surface area contributed by atoms with Crippen molar-refractivity contribution in [1.82, 2.24) is 4.57 Å². The van der Waals surface area contributed by atoms with Crippen molar-refractivity contribution in [2.75, 3.05) is 13.7 Å². The Bertz CT molecular complexity index is 1430. The maximum absolute atomic E-state index is 13.6. The highest BCUT2D eigenvalue weighted by Crippen LogP contribution is 2.31. The van der Waals surface area contributed by atoms with E-state index in [0.29, 0.717) is 25.6 Å². The molecule has 6 nitrogen and oxygen atoms in total. The number of benzene rings is 2. The van der Waals surface area contributed by atoms with Crippen molar-refractivity contribution in [3.8, 4) is 5.75 Å². The predicted octanol–water partition coefficient (Wildman–Crippen LogP) is 3.77. The van der Waals surface area contributed by atoms with Crippen LogP contribution in [-0.4, -0.2) is 24.3 Å². The summed E-state index contributed by atoms with van der Waals surface area (Å²) in [5, 5.41) is 0.567. The number of fused-ring (bicyclic) bond motifs is 1. The van der Waals surface area contributed by atoms with Gasteiger partial charge in [0.2, 0.25) is 0 Å². The SMILES string of the molecule is CCOC(=O)C1=C(C)N=c2s/c(=C\c3ccc(C)c(OC)c3)c(=O)n2[C@H]1c1ccc(Cl)cc1. The zero-order chi connectivity index (χ0) is 23.7. The fourth-order valence-corrected chi connectivity index (χ4v) is 5.00. The Morgan fingerprint density at radius 2 is 1.94 bits per heavy atom. The van der Waals surface area contributed by atoms with Crippen molar-refractivity contribution >= 4 is 35.0 Å². The Labute approximate surface area is 200 Å². The fraction of sp³-hybridized carbons (Fsp3) is 0.240. The Morgan fingerprint density at radius 3 is 2.61 bits per heavy atom. The number of hydrogen-bond acceptors (Lipinski definition) is 6. The van der Waals surface area contributed by atoms with Gasteiger partial charge in [0, 0.05) is 5.02 Å². The molecule has 0 fully saturated rings. The minimum atomic E-state index is -0.660. The van der Waals surface area contributed by atoms with Gasteiger partial charge in [-0.3, -0.25) is 9.36 Å². The molecule has 1 aliphatic rings. The number of thiazole rings is 1. The van der Waals surface area contributed by atoms with Crippen LogP contribution in [-0.2, 0) is 9.53 Å². The summed E-state index contributed by atoms with van der Waals surface area (Å²) in [4.78, 5) is 31.6. The summed E-state index contributed by atoms with van der Waals surface area (Å²) in [6.07, 6.45) is 1.81. The lowest BCUT2D eigenvalue weighted by atomic mass is 9.96. The van der Waals surface area contributed by atoms with E-state index in [4.69, 9.17) is 21.1 Å². The quantitative estimate of drug-likeness (QED) is 0.519. The minimum Gasteiger partial charge on any atom is -0.496 e. The molecule has 1 aliphatic heterocycles. The third kappa shape index (κ3) is 4.38. The average Bonchev–Trinajstić information content (AvgIpc) is 3.09. The summed E-state index contributed by atoms with van der Waals surface area (Å²) in [5.74, 6) is 0.257. The molecule has 3 aromatic rings. The standard InChI is InChI=1S/C25H23ClN2O4S/c1-5-32-24(30)21-15(3)27-25-28(22(21)17-8-10-18(26)11-9-17)23(29)20(33-25)13-16-7-6-14(2)19(12-16)31-4/h6-13,22H,5H2,1-4H3/b20-13-/t22-/m0/s1. The normalized spacial score (nSPS) is 15.8. The number of methoxy groups -OCH3 is 1. The monoisotopic (exact) mass is 482 g/mol. The number of nitrogens with zero attached hydrogens (tertiary/aromatic N) is 2. The maximum atomic E-state index is 13.6. The predicted molar refractivity (Wildman–Crippen MR) is 130 cm³/mol. The zero-order valence-electron chi connectivity index (χ0n) is 18.7. The lowest BCUT2D eigenvalue weighted by Crippen LogP contribution is -2.39. The highest BCUT2D eigenvalue weighted by atomic mass is 35.5. The second kappa shape index (κ2) is 9.37. The molecule has 0 bridgehead atoms. The van der Waals surface area contributed by atoms with Crippen LogP contribution in [0, 0.1) is 6.92 Å². The van der Waals surface area contributed by atoms with E-state index in [-0.39, 0.29) is 12.2 Å². The molecule has 0 saturated carbocycles. The largest absolute Gasteiger partial charge is 0.496 e. The average molecular weight is 483 g/mol. The number of aryl methyl sites for hydroxylation is 1. The van der Waals surface area contributed by atoms with Gasteiger partial charge in [-0.25, -0.2) is 9.79 Å². The van der Waals surface area contributed by atoms with Crippen molar-refractivity contribution in [3.05, 3.63) is 95.1 Å². The fourth-order valence-electron chi connectivity index (χ4n) is 3.83. The molecular formula is C25H23ClN2O4S. The van der Waals surface area contributed by atoms with E-state index in [9.17, 15) is 9.59 Å². The van der Waals surface area contributed by atoms with Crippen LogP contribution >= 0.6 is 22.9 Å². The summed E-state index contributed by atoms with van der Waals surface area (Å²) in [6, 6.07) is 12.2. The molecule has 1 aromatic heterocycles. The van der Waals surface area contributed by atoms with Crippen LogP contribution in [0.25, 0.3) is 6.08 Å². The summed E-state index contributed by atoms with van der Waals surface area (Å²) < 4.78 is 12.8. The lowest BCUT2D eigenvalue weighted by molar-refractivity contribution is -0.139. The molecular weight excluding hydrogens is 460 g/mol. The number of rotatable bonds is 5. The van der Waals surface area contributed by atoms with E-state index in [0.717, 1.165) is 22.4 Å². The first-order chi connectivity index (χ1) is 15.8. The van der Waals surface area contributed by atoms with Gasteiger partial charge in [-0.1, -0.05) is 47.2 Å². The summed E-state index contributed by atoms with van der Waals surface area (Å²) in [7, 11) is 1.62. The van der Waals surface area contributed by atoms with Crippen LogP contribution in [0.1, 0.15) is 36.6 Å². The minimum absolute atomic E-state index is 0.225. The van der Waals surface area contributed by atoms with Crippen LogP contribution in [0.5, 0.6) is 5.75 Å². The van der Waals surface area contributed by atoms with Crippen LogP contribution in [0.2, 0.25) is 5.02 Å². The lowest BCUT2D eigenvalue weighted by Gasteiger charge is -2.24. The third-order valence-corrected chi connectivity index (χ3v) is 6.67. The molecule has 2 heterocycles. The van der Waals surface area contributed by atoms with Gasteiger partial charge >= 0.3 is 5.97 Å². The van der Waals surface area contributed by atoms with Crippen LogP contribution in [0.15, 0.2) is 63.5 Å². The summed E-state index contributed by atoms with van der Waals surface area (Å²) >= 11 is 7.37. The second-order valence-electron chi connectivity index (χ2n) is 7.58. The van der Waals surface area contributed by atoms with E-state index in [1.54, 1.807) is 37.7 Å². The Hall–Kier alpha value is -3.16. The van der Waals surface area contributed by atoms with Gasteiger partial charge in [-0.2, -0.15) is 0 Å². The van der Waals surface area contributed by atoms with Crippen molar-refractivity contribution in [1.29, 1.82) is 0 Å². The highest BCUT2D eigenvalue weighted by Gasteiger charge is 2.33. The highest BCUT2D eigenvalue weighted by molar-refractivity contribution is 7.07. The smallest absolute Gasteiger partial charge is 0.338 e. The van der Waals surface area contributed by atoms with Gasteiger partial charge in [0.1, 0.15) is 5.75 Å². The Kier molecular flexibility index (Phi) is 6.54. The molecule has 0 amide bonds. The van der Waals surface area contributed by atoms with Crippen molar-refractivity contribution in [2.45, 2.75) is 26.8 Å². The number of esters is 1. The van der Waals surface area contributed by atoms with Gasteiger partial charge in [-0.15, -0.1) is 0 Å². The van der Waals surface area contributed by atoms with Crippen LogP contribution in [0.4, 0.5) is 0 Å². The number of aromatic nitrogens is 1. The molecule has 1 atom stereocenters. The Balaban J connectivity index is 1.94. The zero-order valence-corrected chi connectivity index (χ0v) is 20.3. The molecule has 4 rings (SSSR count).